The van der Waals surface area contributed by atoms with Crippen molar-refractivity contribution in [1.82, 2.24) is 0 Å². The fourth-order valence-corrected chi connectivity index (χ4v) is 2.40. The van der Waals surface area contributed by atoms with Gasteiger partial charge in [-0.25, -0.2) is 4.79 Å². The Balaban J connectivity index is 0.000000181. The molecule has 1 aliphatic rings. The van der Waals surface area contributed by atoms with Crippen molar-refractivity contribution in [1.29, 1.82) is 0 Å². The van der Waals surface area contributed by atoms with E-state index >= 15 is 0 Å². The van der Waals surface area contributed by atoms with Crippen LogP contribution in [0.25, 0.3) is 11.0 Å². The quantitative estimate of drug-likeness (QED) is 0.337. The molecule has 0 unspecified atom stereocenters. The predicted molar refractivity (Wildman–Crippen MR) is 84.9 cm³/mol. The standard InChI is InChI=1S/C10H8O3.C6H12O6/c1-6-4-10(12)13-9-5-7(11)2-3-8(6)9;7-1-2-3(8)4(9)5(10)6(11)12-2/h2-5,11H,1H3;2-11H,1H2/t;2-,3-,4+,5-,6-/m.1/s1. The second-order valence-electron chi connectivity index (χ2n) is 5.65. The largest absolute Gasteiger partial charge is 0.508 e. The lowest BCUT2D eigenvalue weighted by molar-refractivity contribution is -0.286. The molecule has 1 aliphatic heterocycles. The summed E-state index contributed by atoms with van der Waals surface area (Å²) in [7, 11) is 0. The second-order valence-corrected chi connectivity index (χ2v) is 5.65. The number of ether oxygens (including phenoxy) is 1. The Bertz CT molecular complexity index is 767. The van der Waals surface area contributed by atoms with Crippen LogP contribution >= 0.6 is 0 Å². The van der Waals surface area contributed by atoms with Gasteiger partial charge in [0.25, 0.3) is 0 Å². The van der Waals surface area contributed by atoms with Gasteiger partial charge in [-0.3, -0.25) is 0 Å². The van der Waals surface area contributed by atoms with Crippen molar-refractivity contribution in [3.8, 4) is 5.75 Å². The van der Waals surface area contributed by atoms with E-state index in [2.05, 4.69) is 4.74 Å². The number of aromatic hydroxyl groups is 1. The number of aliphatic hydroxyl groups is 5. The lowest BCUT2D eigenvalue weighted by atomic mass is 10.00. The van der Waals surface area contributed by atoms with Gasteiger partial charge in [-0.1, -0.05) is 0 Å². The van der Waals surface area contributed by atoms with Crippen LogP contribution in [0.4, 0.5) is 0 Å². The maximum atomic E-state index is 11.0. The van der Waals surface area contributed by atoms with E-state index in [-0.39, 0.29) is 5.75 Å². The second kappa shape index (κ2) is 7.91. The molecule has 5 atom stereocenters. The summed E-state index contributed by atoms with van der Waals surface area (Å²) in [5, 5.41) is 54.7. The Hall–Kier alpha value is -2.01. The third-order valence-corrected chi connectivity index (χ3v) is 3.80. The lowest BCUT2D eigenvalue weighted by Crippen LogP contribution is -2.58. The molecule has 1 aromatic carbocycles. The van der Waals surface area contributed by atoms with Crippen LogP contribution in [-0.2, 0) is 4.74 Å². The molecule has 1 aromatic heterocycles. The van der Waals surface area contributed by atoms with Crippen LogP contribution in [0.15, 0.2) is 33.5 Å². The third-order valence-electron chi connectivity index (χ3n) is 3.80. The number of benzene rings is 1. The maximum absolute atomic E-state index is 11.0. The molecule has 6 N–H and O–H groups in total. The highest BCUT2D eigenvalue weighted by molar-refractivity contribution is 5.81. The molecule has 25 heavy (non-hydrogen) atoms. The number of fused-ring (bicyclic) bond motifs is 1. The van der Waals surface area contributed by atoms with Crippen molar-refractivity contribution >= 4 is 11.0 Å². The molecule has 1 saturated heterocycles. The van der Waals surface area contributed by atoms with Gasteiger partial charge in [0.1, 0.15) is 35.7 Å². The first-order valence-electron chi connectivity index (χ1n) is 7.46. The molecule has 2 heterocycles. The number of rotatable bonds is 1. The van der Waals surface area contributed by atoms with Crippen molar-refractivity contribution < 1.29 is 39.8 Å². The predicted octanol–water partition coefficient (Wildman–Crippen LogP) is -1.41. The van der Waals surface area contributed by atoms with Crippen LogP contribution in [0.2, 0.25) is 0 Å². The van der Waals surface area contributed by atoms with Gasteiger partial charge in [-0.2, -0.15) is 0 Å². The number of phenolic OH excluding ortho intramolecular Hbond substituents is 1. The minimum absolute atomic E-state index is 0.0984. The molecule has 0 amide bonds. The zero-order chi connectivity index (χ0) is 18.7. The summed E-state index contributed by atoms with van der Waals surface area (Å²) in [6, 6.07) is 6.15. The van der Waals surface area contributed by atoms with Crippen molar-refractivity contribution in [2.75, 3.05) is 6.61 Å². The molecule has 1 fully saturated rings. The van der Waals surface area contributed by atoms with Crippen LogP contribution in [0.5, 0.6) is 5.75 Å². The molecule has 0 aliphatic carbocycles. The van der Waals surface area contributed by atoms with Crippen LogP contribution in [0, 0.1) is 6.92 Å². The molecule has 0 spiro atoms. The zero-order valence-electron chi connectivity index (χ0n) is 13.3. The van der Waals surface area contributed by atoms with Gasteiger partial charge in [0.2, 0.25) is 0 Å². The summed E-state index contributed by atoms with van der Waals surface area (Å²) in [6.45, 7) is 1.30. The van der Waals surface area contributed by atoms with Gasteiger partial charge in [0.05, 0.1) is 6.61 Å². The van der Waals surface area contributed by atoms with E-state index in [9.17, 15) is 4.79 Å². The Morgan fingerprint density at radius 1 is 1.04 bits per heavy atom. The average molecular weight is 356 g/mol. The molecule has 9 nitrogen and oxygen atoms in total. The van der Waals surface area contributed by atoms with Crippen molar-refractivity contribution in [3.05, 3.63) is 40.2 Å². The summed E-state index contributed by atoms with van der Waals surface area (Å²) in [5.74, 6) is 0.0984. The summed E-state index contributed by atoms with van der Waals surface area (Å²) in [6.07, 6.45) is -7.04. The Morgan fingerprint density at radius 3 is 2.36 bits per heavy atom. The van der Waals surface area contributed by atoms with Gasteiger partial charge in [0.15, 0.2) is 6.29 Å². The van der Waals surface area contributed by atoms with Crippen LogP contribution < -0.4 is 5.63 Å². The van der Waals surface area contributed by atoms with Gasteiger partial charge >= 0.3 is 5.63 Å². The van der Waals surface area contributed by atoms with Gasteiger partial charge in [-0.05, 0) is 24.6 Å². The van der Waals surface area contributed by atoms with Crippen LogP contribution in [0.1, 0.15) is 5.56 Å². The van der Waals surface area contributed by atoms with Crippen LogP contribution in [0.3, 0.4) is 0 Å². The van der Waals surface area contributed by atoms with Crippen LogP contribution in [-0.4, -0.2) is 68.0 Å². The Kier molecular flexibility index (Phi) is 6.11. The number of aliphatic hydroxyl groups excluding tert-OH is 5. The smallest absolute Gasteiger partial charge is 0.336 e. The zero-order valence-corrected chi connectivity index (χ0v) is 13.3. The van der Waals surface area contributed by atoms with Gasteiger partial charge in [0, 0.05) is 17.5 Å². The normalized spacial score (nSPS) is 29.1. The highest BCUT2D eigenvalue weighted by Gasteiger charge is 2.42. The summed E-state index contributed by atoms with van der Waals surface area (Å²) >= 11 is 0. The molecule has 0 saturated carbocycles. The van der Waals surface area contributed by atoms with Crippen molar-refractivity contribution in [3.63, 3.8) is 0 Å². The number of aryl methyl sites for hydroxylation is 1. The first-order chi connectivity index (χ1) is 11.7. The molecule has 0 radical (unpaired) electrons. The van der Waals surface area contributed by atoms with E-state index < -0.39 is 42.9 Å². The van der Waals surface area contributed by atoms with Crippen molar-refractivity contribution in [2.45, 2.75) is 37.6 Å². The number of phenols is 1. The molecule has 3 rings (SSSR count). The van der Waals surface area contributed by atoms with E-state index in [0.717, 1.165) is 10.9 Å². The highest BCUT2D eigenvalue weighted by Crippen LogP contribution is 2.21. The van der Waals surface area contributed by atoms with Gasteiger partial charge in [-0.15, -0.1) is 0 Å². The first-order valence-corrected chi connectivity index (χ1v) is 7.46. The van der Waals surface area contributed by atoms with Gasteiger partial charge < -0.3 is 39.8 Å². The van der Waals surface area contributed by atoms with E-state index in [0.29, 0.717) is 5.58 Å². The Labute approximate surface area is 142 Å². The summed E-state index contributed by atoms with van der Waals surface area (Å²) < 4.78 is 9.48. The van der Waals surface area contributed by atoms with E-state index in [1.807, 2.05) is 6.92 Å². The first kappa shape index (κ1) is 19.3. The lowest BCUT2D eigenvalue weighted by Gasteiger charge is -2.37. The minimum atomic E-state index is -1.57. The summed E-state index contributed by atoms with van der Waals surface area (Å²) in [5.41, 5.74) is 0.881. The van der Waals surface area contributed by atoms with E-state index in [1.165, 1.54) is 12.1 Å². The molecular formula is C16H20O9. The fraction of sp³-hybridized carbons (Fsp3) is 0.438. The topological polar surface area (TPSA) is 161 Å². The summed E-state index contributed by atoms with van der Waals surface area (Å²) in [4.78, 5) is 11.0. The SMILES string of the molecule is Cc1cc(=O)oc2cc(O)ccc12.OC[C@H]1O[C@@H](O)[C@H](O)[C@@H](O)[C@@H]1O. The van der Waals surface area contributed by atoms with E-state index in [1.54, 1.807) is 12.1 Å². The maximum Gasteiger partial charge on any atom is 0.336 e. The molecule has 138 valence electrons. The molecule has 9 heteroatoms. The molecule has 2 aromatic rings. The van der Waals surface area contributed by atoms with Crippen molar-refractivity contribution in [2.24, 2.45) is 0 Å². The molecular weight excluding hydrogens is 336 g/mol. The highest BCUT2D eigenvalue weighted by atomic mass is 16.6. The minimum Gasteiger partial charge on any atom is -0.508 e. The Morgan fingerprint density at radius 2 is 1.72 bits per heavy atom. The third kappa shape index (κ3) is 4.34. The monoisotopic (exact) mass is 356 g/mol. The average Bonchev–Trinajstić information content (AvgIpc) is 2.56. The fourth-order valence-electron chi connectivity index (χ4n) is 2.40. The number of hydrogen-bond donors (Lipinski definition) is 6. The number of hydrogen-bond acceptors (Lipinski definition) is 9. The van der Waals surface area contributed by atoms with E-state index in [4.69, 9.17) is 35.1 Å². The molecule has 0 bridgehead atoms.